The molecule has 2 N–H and O–H groups in total. The predicted octanol–water partition coefficient (Wildman–Crippen LogP) is 1.81. The van der Waals surface area contributed by atoms with E-state index in [1.165, 1.54) is 6.92 Å². The summed E-state index contributed by atoms with van der Waals surface area (Å²) in [5.41, 5.74) is 5.60. The molecule has 110 valence electrons. The van der Waals surface area contributed by atoms with Crippen molar-refractivity contribution in [3.05, 3.63) is 0 Å². The standard InChI is InChI=1S/C13H23NO5/c1-3-17-13(16)19-9(2)18-12(15)11-6-4-10(8-14)5-7-11/h9-11H,3-8,14H2,1-2H3. The highest BCUT2D eigenvalue weighted by molar-refractivity contribution is 5.72. The van der Waals surface area contributed by atoms with Crippen LogP contribution >= 0.6 is 0 Å². The number of carbonyl (C=O) groups is 2. The van der Waals surface area contributed by atoms with Crippen LogP contribution in [0.3, 0.4) is 0 Å². The minimum absolute atomic E-state index is 0.115. The van der Waals surface area contributed by atoms with Crippen LogP contribution in [0, 0.1) is 11.8 Å². The third kappa shape index (κ3) is 5.46. The van der Waals surface area contributed by atoms with Crippen LogP contribution < -0.4 is 5.73 Å². The Morgan fingerprint density at radius 3 is 2.37 bits per heavy atom. The number of hydrogen-bond donors (Lipinski definition) is 1. The van der Waals surface area contributed by atoms with E-state index in [-0.39, 0.29) is 18.5 Å². The van der Waals surface area contributed by atoms with Crippen molar-refractivity contribution in [2.75, 3.05) is 13.2 Å². The molecule has 0 heterocycles. The minimum atomic E-state index is -0.918. The number of carbonyl (C=O) groups excluding carboxylic acids is 2. The molecule has 1 saturated carbocycles. The van der Waals surface area contributed by atoms with Gasteiger partial charge in [0, 0.05) is 6.92 Å². The molecule has 1 aliphatic carbocycles. The van der Waals surface area contributed by atoms with Gasteiger partial charge in [-0.3, -0.25) is 4.79 Å². The molecule has 0 aliphatic heterocycles. The zero-order valence-electron chi connectivity index (χ0n) is 11.6. The van der Waals surface area contributed by atoms with Crippen molar-refractivity contribution in [2.45, 2.75) is 45.8 Å². The molecule has 0 saturated heterocycles. The second-order valence-corrected chi connectivity index (χ2v) is 4.76. The molecule has 0 radical (unpaired) electrons. The molecule has 1 rings (SSSR count). The average molecular weight is 273 g/mol. The largest absolute Gasteiger partial charge is 0.511 e. The molecule has 1 aliphatic rings. The number of ether oxygens (including phenoxy) is 3. The molecule has 6 nitrogen and oxygen atoms in total. The first-order chi connectivity index (χ1) is 9.06. The summed E-state index contributed by atoms with van der Waals surface area (Å²) in [6.07, 6.45) is 1.72. The summed E-state index contributed by atoms with van der Waals surface area (Å²) >= 11 is 0. The zero-order valence-corrected chi connectivity index (χ0v) is 11.6. The van der Waals surface area contributed by atoms with Crippen LogP contribution in [0.25, 0.3) is 0 Å². The lowest BCUT2D eigenvalue weighted by Crippen LogP contribution is -2.30. The molecular weight excluding hydrogens is 250 g/mol. The molecule has 0 bridgehead atoms. The third-order valence-corrected chi connectivity index (χ3v) is 3.32. The van der Waals surface area contributed by atoms with Crippen LogP contribution in [-0.4, -0.2) is 31.6 Å². The fourth-order valence-electron chi connectivity index (χ4n) is 2.21. The zero-order chi connectivity index (χ0) is 14.3. The molecule has 19 heavy (non-hydrogen) atoms. The van der Waals surface area contributed by atoms with E-state index in [2.05, 4.69) is 4.74 Å². The lowest BCUT2D eigenvalue weighted by Gasteiger charge is -2.26. The highest BCUT2D eigenvalue weighted by Crippen LogP contribution is 2.29. The second kappa shape index (κ2) is 7.99. The van der Waals surface area contributed by atoms with Gasteiger partial charge in [0.2, 0.25) is 6.29 Å². The normalized spacial score (nSPS) is 24.4. The average Bonchev–Trinajstić information content (AvgIpc) is 2.38. The van der Waals surface area contributed by atoms with Crippen LogP contribution in [0.1, 0.15) is 39.5 Å². The Morgan fingerprint density at radius 1 is 1.21 bits per heavy atom. The number of rotatable bonds is 5. The number of hydrogen-bond acceptors (Lipinski definition) is 6. The van der Waals surface area contributed by atoms with Gasteiger partial charge in [-0.2, -0.15) is 0 Å². The van der Waals surface area contributed by atoms with Gasteiger partial charge in [-0.25, -0.2) is 4.79 Å². The van der Waals surface area contributed by atoms with Gasteiger partial charge in [0.25, 0.3) is 0 Å². The van der Waals surface area contributed by atoms with Gasteiger partial charge in [0.05, 0.1) is 12.5 Å². The van der Waals surface area contributed by atoms with Crippen LogP contribution in [0.5, 0.6) is 0 Å². The van der Waals surface area contributed by atoms with Crippen molar-refractivity contribution < 1.29 is 23.8 Å². The molecule has 0 aromatic carbocycles. The summed E-state index contributed by atoms with van der Waals surface area (Å²) in [5.74, 6) is 0.0839. The van der Waals surface area contributed by atoms with Crippen molar-refractivity contribution in [3.63, 3.8) is 0 Å². The summed E-state index contributed by atoms with van der Waals surface area (Å²) in [6, 6.07) is 0. The van der Waals surface area contributed by atoms with E-state index in [9.17, 15) is 9.59 Å². The Morgan fingerprint density at radius 2 is 1.84 bits per heavy atom. The van der Waals surface area contributed by atoms with Crippen molar-refractivity contribution in [3.8, 4) is 0 Å². The van der Waals surface area contributed by atoms with E-state index in [0.717, 1.165) is 25.7 Å². The Bertz CT molecular complexity index is 299. The first kappa shape index (κ1) is 15.8. The van der Waals surface area contributed by atoms with E-state index in [0.29, 0.717) is 12.5 Å². The fraction of sp³-hybridized carbons (Fsp3) is 0.846. The van der Waals surface area contributed by atoms with Crippen molar-refractivity contribution >= 4 is 12.1 Å². The van der Waals surface area contributed by atoms with Gasteiger partial charge in [0.15, 0.2) is 0 Å². The quantitative estimate of drug-likeness (QED) is 0.607. The maximum atomic E-state index is 11.9. The van der Waals surface area contributed by atoms with Gasteiger partial charge >= 0.3 is 12.1 Å². The minimum Gasteiger partial charge on any atom is -0.435 e. The molecule has 1 unspecified atom stereocenters. The van der Waals surface area contributed by atoms with Crippen LogP contribution in [0.4, 0.5) is 4.79 Å². The first-order valence-electron chi connectivity index (χ1n) is 6.80. The Kier molecular flexibility index (Phi) is 6.62. The molecular formula is C13H23NO5. The summed E-state index contributed by atoms with van der Waals surface area (Å²) < 4.78 is 14.5. The lowest BCUT2D eigenvalue weighted by atomic mass is 9.82. The third-order valence-electron chi connectivity index (χ3n) is 3.32. The molecule has 0 aromatic heterocycles. The van der Waals surface area contributed by atoms with Crippen molar-refractivity contribution in [1.82, 2.24) is 0 Å². The van der Waals surface area contributed by atoms with Gasteiger partial charge in [-0.1, -0.05) is 0 Å². The monoisotopic (exact) mass is 273 g/mol. The number of nitrogens with two attached hydrogens (primary N) is 1. The Hall–Kier alpha value is -1.30. The second-order valence-electron chi connectivity index (χ2n) is 4.76. The Labute approximate surface area is 113 Å². The van der Waals surface area contributed by atoms with Gasteiger partial charge in [0.1, 0.15) is 0 Å². The lowest BCUT2D eigenvalue weighted by molar-refractivity contribution is -0.174. The molecule has 1 atom stereocenters. The highest BCUT2D eigenvalue weighted by atomic mass is 16.8. The van der Waals surface area contributed by atoms with Crippen LogP contribution in [0.15, 0.2) is 0 Å². The first-order valence-corrected chi connectivity index (χ1v) is 6.80. The van der Waals surface area contributed by atoms with Gasteiger partial charge in [-0.05, 0) is 45.1 Å². The van der Waals surface area contributed by atoms with Crippen molar-refractivity contribution in [2.24, 2.45) is 17.6 Å². The highest BCUT2D eigenvalue weighted by Gasteiger charge is 2.28. The van der Waals surface area contributed by atoms with Crippen molar-refractivity contribution in [1.29, 1.82) is 0 Å². The van der Waals surface area contributed by atoms with E-state index >= 15 is 0 Å². The number of esters is 1. The molecule has 0 aromatic rings. The topological polar surface area (TPSA) is 87.9 Å². The van der Waals surface area contributed by atoms with Crippen LogP contribution in [-0.2, 0) is 19.0 Å². The Balaban J connectivity index is 2.28. The summed E-state index contributed by atoms with van der Waals surface area (Å²) in [5, 5.41) is 0. The van der Waals surface area contributed by atoms with Crippen LogP contribution in [0.2, 0.25) is 0 Å². The molecule has 6 heteroatoms. The van der Waals surface area contributed by atoms with E-state index in [1.54, 1.807) is 6.92 Å². The predicted molar refractivity (Wildman–Crippen MR) is 68.2 cm³/mol. The summed E-state index contributed by atoms with van der Waals surface area (Å²) in [7, 11) is 0. The maximum Gasteiger partial charge on any atom is 0.511 e. The molecule has 1 fully saturated rings. The summed E-state index contributed by atoms with van der Waals surface area (Å²) in [4.78, 5) is 22.9. The van der Waals surface area contributed by atoms with E-state index < -0.39 is 12.4 Å². The fourth-order valence-corrected chi connectivity index (χ4v) is 2.21. The molecule has 0 amide bonds. The maximum absolute atomic E-state index is 11.9. The van der Waals surface area contributed by atoms with Gasteiger partial charge in [-0.15, -0.1) is 0 Å². The smallest absolute Gasteiger partial charge is 0.435 e. The van der Waals surface area contributed by atoms with E-state index in [1.807, 2.05) is 0 Å². The van der Waals surface area contributed by atoms with E-state index in [4.69, 9.17) is 15.2 Å². The SMILES string of the molecule is CCOC(=O)OC(C)OC(=O)C1CCC(CN)CC1. The molecule has 0 spiro atoms. The van der Waals surface area contributed by atoms with Gasteiger partial charge < -0.3 is 19.9 Å². The summed E-state index contributed by atoms with van der Waals surface area (Å²) in [6.45, 7) is 4.07.